The van der Waals surface area contributed by atoms with Gasteiger partial charge in [0.25, 0.3) is 0 Å². The summed E-state index contributed by atoms with van der Waals surface area (Å²) >= 11 is 11.9. The third kappa shape index (κ3) is 3.19. The fourth-order valence-corrected chi connectivity index (χ4v) is 1.98. The number of carbonyl (C=O) groups is 1. The van der Waals surface area contributed by atoms with E-state index in [-0.39, 0.29) is 0 Å². The Labute approximate surface area is 120 Å². The summed E-state index contributed by atoms with van der Waals surface area (Å²) < 4.78 is 10.7. The molecule has 0 aliphatic heterocycles. The quantitative estimate of drug-likeness (QED) is 0.773. The third-order valence-corrected chi connectivity index (χ3v) is 3.08. The number of halogens is 2. The Morgan fingerprint density at radius 3 is 2.16 bits per heavy atom. The van der Waals surface area contributed by atoms with Crippen LogP contribution in [0.2, 0.25) is 10.0 Å². The Morgan fingerprint density at radius 1 is 1.00 bits per heavy atom. The van der Waals surface area contributed by atoms with Crippen molar-refractivity contribution in [3.05, 3.63) is 52.0 Å². The van der Waals surface area contributed by atoms with E-state index in [0.717, 1.165) is 0 Å². The highest BCUT2D eigenvalue weighted by atomic mass is 35.5. The van der Waals surface area contributed by atoms with Crippen molar-refractivity contribution in [2.75, 3.05) is 7.11 Å². The summed E-state index contributed by atoms with van der Waals surface area (Å²) in [5, 5.41) is 0.794. The van der Waals surface area contributed by atoms with E-state index >= 15 is 0 Å². The third-order valence-electron chi connectivity index (χ3n) is 2.46. The summed E-state index contributed by atoms with van der Waals surface area (Å²) in [7, 11) is 1.54. The lowest BCUT2D eigenvalue weighted by molar-refractivity contribution is 0.112. The van der Waals surface area contributed by atoms with Gasteiger partial charge in [0.2, 0.25) is 0 Å². The summed E-state index contributed by atoms with van der Waals surface area (Å²) in [5.74, 6) is 1.65. The number of ether oxygens (including phenoxy) is 2. The maximum absolute atomic E-state index is 10.7. The van der Waals surface area contributed by atoms with Crippen molar-refractivity contribution in [3.63, 3.8) is 0 Å². The average molecular weight is 297 g/mol. The predicted molar refractivity (Wildman–Crippen MR) is 74.9 cm³/mol. The molecule has 0 aliphatic carbocycles. The van der Waals surface area contributed by atoms with Gasteiger partial charge < -0.3 is 9.47 Å². The van der Waals surface area contributed by atoms with Gasteiger partial charge in [-0.25, -0.2) is 0 Å². The van der Waals surface area contributed by atoms with Gasteiger partial charge in [0, 0.05) is 17.7 Å². The van der Waals surface area contributed by atoms with Crippen LogP contribution >= 0.6 is 23.2 Å². The minimum Gasteiger partial charge on any atom is -0.495 e. The molecule has 0 fully saturated rings. The molecule has 98 valence electrons. The van der Waals surface area contributed by atoms with Gasteiger partial charge in [-0.3, -0.25) is 4.79 Å². The second-order valence-corrected chi connectivity index (χ2v) is 4.51. The smallest absolute Gasteiger partial charge is 0.151 e. The Bertz CT molecular complexity index is 612. The van der Waals surface area contributed by atoms with Gasteiger partial charge in [-0.05, 0) is 24.3 Å². The fraction of sp³-hybridized carbons (Fsp3) is 0.0714. The number of methoxy groups -OCH3 is 1. The zero-order chi connectivity index (χ0) is 13.8. The van der Waals surface area contributed by atoms with Crippen molar-refractivity contribution in [2.24, 2.45) is 0 Å². The van der Waals surface area contributed by atoms with Crippen LogP contribution in [0.4, 0.5) is 0 Å². The molecule has 0 heterocycles. The first-order valence-electron chi connectivity index (χ1n) is 5.40. The van der Waals surface area contributed by atoms with Gasteiger partial charge in [-0.15, -0.1) is 0 Å². The van der Waals surface area contributed by atoms with Gasteiger partial charge in [-0.2, -0.15) is 0 Å². The van der Waals surface area contributed by atoms with Crippen LogP contribution in [0, 0.1) is 0 Å². The van der Waals surface area contributed by atoms with E-state index in [9.17, 15) is 4.79 Å². The van der Waals surface area contributed by atoms with E-state index in [1.807, 2.05) is 0 Å². The highest BCUT2D eigenvalue weighted by Crippen LogP contribution is 2.32. The first-order chi connectivity index (χ1) is 9.13. The zero-order valence-electron chi connectivity index (χ0n) is 10.0. The molecule has 0 aliphatic rings. The summed E-state index contributed by atoms with van der Waals surface area (Å²) in [6.07, 6.45) is 0.691. The molecule has 0 amide bonds. The Balaban J connectivity index is 2.23. The maximum atomic E-state index is 10.7. The predicted octanol–water partition coefficient (Wildman–Crippen LogP) is 4.61. The second-order valence-electron chi connectivity index (χ2n) is 3.70. The zero-order valence-corrected chi connectivity index (χ0v) is 11.5. The molecule has 5 heteroatoms. The molecule has 0 unspecified atom stereocenters. The van der Waals surface area contributed by atoms with Crippen LogP contribution < -0.4 is 9.47 Å². The summed E-state index contributed by atoms with van der Waals surface area (Å²) in [6, 6.07) is 9.90. The number of aldehydes is 1. The van der Waals surface area contributed by atoms with Crippen LogP contribution in [0.3, 0.4) is 0 Å². The van der Waals surface area contributed by atoms with Crippen LogP contribution in [0.15, 0.2) is 36.4 Å². The molecule has 0 spiro atoms. The van der Waals surface area contributed by atoms with Crippen molar-refractivity contribution in [1.82, 2.24) is 0 Å². The minimum absolute atomic E-state index is 0.340. The van der Waals surface area contributed by atoms with Crippen LogP contribution in [-0.4, -0.2) is 13.4 Å². The van der Waals surface area contributed by atoms with E-state index < -0.39 is 0 Å². The molecule has 0 radical (unpaired) electrons. The van der Waals surface area contributed by atoms with Gasteiger partial charge in [0.15, 0.2) is 6.29 Å². The summed E-state index contributed by atoms with van der Waals surface area (Å²) in [6.45, 7) is 0. The molecular weight excluding hydrogens is 287 g/mol. The van der Waals surface area contributed by atoms with Crippen LogP contribution in [-0.2, 0) is 0 Å². The van der Waals surface area contributed by atoms with Crippen LogP contribution in [0.25, 0.3) is 0 Å². The van der Waals surface area contributed by atoms with Crippen LogP contribution in [0.1, 0.15) is 10.4 Å². The number of hydrogen-bond donors (Lipinski definition) is 0. The normalized spacial score (nSPS) is 10.1. The SMILES string of the molecule is COc1ccc(Oc2ccc(C=O)c(Cl)c2)cc1Cl. The molecule has 2 rings (SSSR count). The van der Waals surface area contributed by atoms with E-state index in [1.165, 1.54) is 0 Å². The number of rotatable bonds is 4. The summed E-state index contributed by atoms with van der Waals surface area (Å²) in [4.78, 5) is 10.7. The van der Waals surface area contributed by atoms with E-state index in [4.69, 9.17) is 32.7 Å². The van der Waals surface area contributed by atoms with Gasteiger partial charge in [0.1, 0.15) is 17.2 Å². The van der Waals surface area contributed by atoms with E-state index in [2.05, 4.69) is 0 Å². The van der Waals surface area contributed by atoms with Gasteiger partial charge >= 0.3 is 0 Å². The van der Waals surface area contributed by atoms with Crippen molar-refractivity contribution in [3.8, 4) is 17.2 Å². The molecule has 0 N–H and O–H groups in total. The number of carbonyl (C=O) groups excluding carboxylic acids is 1. The van der Waals surface area contributed by atoms with Crippen LogP contribution in [0.5, 0.6) is 17.2 Å². The molecule has 0 atom stereocenters. The molecule has 3 nitrogen and oxygen atoms in total. The highest BCUT2D eigenvalue weighted by molar-refractivity contribution is 6.33. The standard InChI is InChI=1S/C14H10Cl2O3/c1-18-14-5-4-11(7-13(14)16)19-10-3-2-9(8-17)12(15)6-10/h2-8H,1H3. The lowest BCUT2D eigenvalue weighted by atomic mass is 10.2. The van der Waals surface area contributed by atoms with Gasteiger partial charge in [-0.1, -0.05) is 23.2 Å². The minimum atomic E-state index is 0.340. The molecule has 2 aromatic rings. The molecule has 0 saturated heterocycles. The number of hydrogen-bond acceptors (Lipinski definition) is 3. The maximum Gasteiger partial charge on any atom is 0.151 e. The topological polar surface area (TPSA) is 35.5 Å². The van der Waals surface area contributed by atoms with Crippen molar-refractivity contribution >= 4 is 29.5 Å². The summed E-state index contributed by atoms with van der Waals surface area (Å²) in [5.41, 5.74) is 0.418. The van der Waals surface area contributed by atoms with E-state index in [1.54, 1.807) is 43.5 Å². The molecular formula is C14H10Cl2O3. The van der Waals surface area contributed by atoms with Crippen molar-refractivity contribution in [1.29, 1.82) is 0 Å². The average Bonchev–Trinajstić information content (AvgIpc) is 2.39. The number of benzene rings is 2. The largest absolute Gasteiger partial charge is 0.495 e. The lowest BCUT2D eigenvalue weighted by Crippen LogP contribution is -1.88. The molecule has 0 aromatic heterocycles. The first kappa shape index (κ1) is 13.7. The molecule has 0 bridgehead atoms. The Morgan fingerprint density at radius 2 is 1.63 bits per heavy atom. The fourth-order valence-electron chi connectivity index (χ4n) is 1.51. The second kappa shape index (κ2) is 5.95. The lowest BCUT2D eigenvalue weighted by Gasteiger charge is -2.09. The highest BCUT2D eigenvalue weighted by Gasteiger charge is 2.05. The van der Waals surface area contributed by atoms with Gasteiger partial charge in [0.05, 0.1) is 17.2 Å². The molecule has 19 heavy (non-hydrogen) atoms. The molecule has 2 aromatic carbocycles. The monoisotopic (exact) mass is 296 g/mol. The molecule has 0 saturated carbocycles. The first-order valence-corrected chi connectivity index (χ1v) is 6.15. The Hall–Kier alpha value is -1.71. The Kier molecular flexibility index (Phi) is 4.30. The van der Waals surface area contributed by atoms with E-state index in [0.29, 0.717) is 39.1 Å². The van der Waals surface area contributed by atoms with Crippen molar-refractivity contribution < 1.29 is 14.3 Å². The van der Waals surface area contributed by atoms with Crippen molar-refractivity contribution in [2.45, 2.75) is 0 Å².